The molecule has 0 aromatic heterocycles. The highest BCUT2D eigenvalue weighted by Gasteiger charge is 2.17. The first kappa shape index (κ1) is 15.2. The molecule has 0 atom stereocenters. The van der Waals surface area contributed by atoms with E-state index < -0.39 is 0 Å². The maximum absolute atomic E-state index is 5.41. The summed E-state index contributed by atoms with van der Waals surface area (Å²) < 4.78 is 5.41. The van der Waals surface area contributed by atoms with Gasteiger partial charge >= 0.3 is 0 Å². The molecular formula is C17H28N2O. The van der Waals surface area contributed by atoms with Crippen molar-refractivity contribution in [3.05, 3.63) is 24.3 Å². The summed E-state index contributed by atoms with van der Waals surface area (Å²) in [4.78, 5) is 2.26. The van der Waals surface area contributed by atoms with Crippen LogP contribution in [0.5, 0.6) is 5.75 Å². The standard InChI is InChI=1S/C17H28N2O/c1-14-8-10-15(11-9-14)18-12-13-19(2)16-6-4-5-7-17(16)20-3/h4-7,14-15,18H,8-13H2,1-3H3. The van der Waals surface area contributed by atoms with Crippen LogP contribution in [0, 0.1) is 5.92 Å². The Kier molecular flexibility index (Phi) is 5.72. The lowest BCUT2D eigenvalue weighted by atomic mass is 9.87. The normalized spacial score (nSPS) is 22.6. The Morgan fingerprint density at radius 1 is 1.20 bits per heavy atom. The Labute approximate surface area is 123 Å². The Morgan fingerprint density at radius 2 is 1.90 bits per heavy atom. The second kappa shape index (κ2) is 7.53. The van der Waals surface area contributed by atoms with Crippen LogP contribution in [-0.2, 0) is 0 Å². The third-order valence-corrected chi connectivity index (χ3v) is 4.39. The molecule has 0 spiro atoms. The van der Waals surface area contributed by atoms with Crippen molar-refractivity contribution in [2.75, 3.05) is 32.1 Å². The van der Waals surface area contributed by atoms with E-state index in [1.54, 1.807) is 7.11 Å². The van der Waals surface area contributed by atoms with Crippen molar-refractivity contribution >= 4 is 5.69 Å². The molecule has 0 saturated heterocycles. The van der Waals surface area contributed by atoms with Gasteiger partial charge in [0.05, 0.1) is 12.8 Å². The van der Waals surface area contributed by atoms with Gasteiger partial charge in [-0.25, -0.2) is 0 Å². The third kappa shape index (κ3) is 4.14. The molecule has 20 heavy (non-hydrogen) atoms. The summed E-state index contributed by atoms with van der Waals surface area (Å²) in [5, 5.41) is 3.70. The molecule has 112 valence electrons. The maximum atomic E-state index is 5.41. The highest BCUT2D eigenvalue weighted by molar-refractivity contribution is 5.57. The van der Waals surface area contributed by atoms with Crippen molar-refractivity contribution in [1.82, 2.24) is 5.32 Å². The second-order valence-corrected chi connectivity index (χ2v) is 6.00. The van der Waals surface area contributed by atoms with E-state index in [9.17, 15) is 0 Å². The van der Waals surface area contributed by atoms with Crippen molar-refractivity contribution in [3.63, 3.8) is 0 Å². The predicted octanol–water partition coefficient (Wildman–Crippen LogP) is 3.30. The molecule has 0 unspecified atom stereocenters. The van der Waals surface area contributed by atoms with Crippen molar-refractivity contribution in [2.45, 2.75) is 38.6 Å². The maximum Gasteiger partial charge on any atom is 0.142 e. The van der Waals surface area contributed by atoms with Crippen molar-refractivity contribution < 1.29 is 4.74 Å². The average molecular weight is 276 g/mol. The molecule has 1 aliphatic carbocycles. The first-order valence-corrected chi connectivity index (χ1v) is 7.78. The lowest BCUT2D eigenvalue weighted by molar-refractivity contribution is 0.309. The highest BCUT2D eigenvalue weighted by Crippen LogP contribution is 2.26. The topological polar surface area (TPSA) is 24.5 Å². The van der Waals surface area contributed by atoms with Gasteiger partial charge in [0, 0.05) is 26.2 Å². The highest BCUT2D eigenvalue weighted by atomic mass is 16.5. The van der Waals surface area contributed by atoms with E-state index in [4.69, 9.17) is 4.74 Å². The number of anilines is 1. The first-order chi connectivity index (χ1) is 9.70. The smallest absolute Gasteiger partial charge is 0.142 e. The fourth-order valence-corrected chi connectivity index (χ4v) is 2.97. The van der Waals surface area contributed by atoms with Crippen LogP contribution in [0.15, 0.2) is 24.3 Å². The van der Waals surface area contributed by atoms with Gasteiger partial charge in [0.2, 0.25) is 0 Å². The molecule has 2 rings (SSSR count). The summed E-state index contributed by atoms with van der Waals surface area (Å²) in [6.45, 7) is 4.41. The number of likely N-dealkylation sites (N-methyl/N-ethyl adjacent to an activating group) is 1. The Bertz CT molecular complexity index is 400. The lowest BCUT2D eigenvalue weighted by Crippen LogP contribution is -2.37. The van der Waals surface area contributed by atoms with E-state index in [1.807, 2.05) is 12.1 Å². The molecule has 1 aromatic rings. The second-order valence-electron chi connectivity index (χ2n) is 6.00. The van der Waals surface area contributed by atoms with Gasteiger partial charge in [-0.15, -0.1) is 0 Å². The van der Waals surface area contributed by atoms with Crippen LogP contribution in [0.25, 0.3) is 0 Å². The minimum atomic E-state index is 0.720. The van der Waals surface area contributed by atoms with E-state index >= 15 is 0 Å². The van der Waals surface area contributed by atoms with Crippen LogP contribution in [0.4, 0.5) is 5.69 Å². The molecule has 0 aliphatic heterocycles. The Hall–Kier alpha value is -1.22. The van der Waals surface area contributed by atoms with Gasteiger partial charge in [-0.1, -0.05) is 19.1 Å². The van der Waals surface area contributed by atoms with E-state index in [1.165, 1.54) is 25.7 Å². The summed E-state index contributed by atoms with van der Waals surface area (Å²) >= 11 is 0. The number of hydrogen-bond acceptors (Lipinski definition) is 3. The largest absolute Gasteiger partial charge is 0.495 e. The molecule has 0 heterocycles. The van der Waals surface area contributed by atoms with Crippen molar-refractivity contribution in [3.8, 4) is 5.75 Å². The van der Waals surface area contributed by atoms with Crippen LogP contribution in [0.2, 0.25) is 0 Å². The number of hydrogen-bond donors (Lipinski definition) is 1. The number of para-hydroxylation sites is 2. The third-order valence-electron chi connectivity index (χ3n) is 4.39. The zero-order valence-electron chi connectivity index (χ0n) is 13.1. The molecule has 3 nitrogen and oxygen atoms in total. The average Bonchev–Trinajstić information content (AvgIpc) is 2.49. The summed E-state index contributed by atoms with van der Waals surface area (Å²) in [6, 6.07) is 8.92. The van der Waals surface area contributed by atoms with Crippen LogP contribution >= 0.6 is 0 Å². The molecule has 1 aromatic carbocycles. The quantitative estimate of drug-likeness (QED) is 0.863. The minimum absolute atomic E-state index is 0.720. The van der Waals surface area contributed by atoms with E-state index in [0.717, 1.165) is 36.5 Å². The molecule has 1 saturated carbocycles. The Morgan fingerprint density at radius 3 is 2.60 bits per heavy atom. The lowest BCUT2D eigenvalue weighted by Gasteiger charge is -2.28. The summed E-state index contributed by atoms with van der Waals surface area (Å²) in [5.74, 6) is 1.87. The van der Waals surface area contributed by atoms with Crippen LogP contribution in [-0.4, -0.2) is 33.3 Å². The van der Waals surface area contributed by atoms with Crippen LogP contribution in [0.1, 0.15) is 32.6 Å². The summed E-state index contributed by atoms with van der Waals surface area (Å²) in [6.07, 6.45) is 5.42. The molecule has 1 N–H and O–H groups in total. The predicted molar refractivity (Wildman–Crippen MR) is 85.7 cm³/mol. The van der Waals surface area contributed by atoms with Gasteiger partial charge in [-0.2, -0.15) is 0 Å². The van der Waals surface area contributed by atoms with Gasteiger partial charge in [0.1, 0.15) is 5.75 Å². The fourth-order valence-electron chi connectivity index (χ4n) is 2.97. The number of nitrogens with zero attached hydrogens (tertiary/aromatic N) is 1. The van der Waals surface area contributed by atoms with Gasteiger partial charge in [-0.3, -0.25) is 0 Å². The summed E-state index contributed by atoms with van der Waals surface area (Å²) in [7, 11) is 3.86. The van der Waals surface area contributed by atoms with Crippen molar-refractivity contribution in [2.24, 2.45) is 5.92 Å². The number of methoxy groups -OCH3 is 1. The molecule has 1 fully saturated rings. The first-order valence-electron chi connectivity index (χ1n) is 7.78. The molecule has 0 radical (unpaired) electrons. The molecule has 0 amide bonds. The number of rotatable bonds is 6. The SMILES string of the molecule is COc1ccccc1N(C)CCNC1CCC(C)CC1. The molecule has 1 aliphatic rings. The van der Waals surface area contributed by atoms with E-state index in [2.05, 4.69) is 36.3 Å². The van der Waals surface area contributed by atoms with E-state index in [0.29, 0.717) is 0 Å². The van der Waals surface area contributed by atoms with Crippen LogP contribution in [0.3, 0.4) is 0 Å². The summed E-state index contributed by atoms with van der Waals surface area (Å²) in [5.41, 5.74) is 1.16. The van der Waals surface area contributed by atoms with Crippen molar-refractivity contribution in [1.29, 1.82) is 0 Å². The number of nitrogens with one attached hydrogen (secondary N) is 1. The van der Waals surface area contributed by atoms with E-state index in [-0.39, 0.29) is 0 Å². The molecular weight excluding hydrogens is 248 g/mol. The zero-order chi connectivity index (χ0) is 14.4. The van der Waals surface area contributed by atoms with Gasteiger partial charge in [-0.05, 0) is 43.7 Å². The fraction of sp³-hybridized carbons (Fsp3) is 0.647. The molecule has 0 bridgehead atoms. The molecule has 3 heteroatoms. The number of benzene rings is 1. The number of ether oxygens (including phenoxy) is 1. The Balaban J connectivity index is 1.76. The monoisotopic (exact) mass is 276 g/mol. The van der Waals surface area contributed by atoms with Gasteiger partial charge < -0.3 is 15.0 Å². The van der Waals surface area contributed by atoms with Gasteiger partial charge in [0.15, 0.2) is 0 Å². The minimum Gasteiger partial charge on any atom is -0.495 e. The van der Waals surface area contributed by atoms with Crippen LogP contribution < -0.4 is 15.0 Å². The van der Waals surface area contributed by atoms with Gasteiger partial charge in [0.25, 0.3) is 0 Å². The zero-order valence-corrected chi connectivity index (χ0v) is 13.1.